The standard InChI is InChI=1S/C22H27N3O2/c1-22(2,3)17-11-8-16(9-12-17)10-13-20(26)23-14-15-25-19-7-5-4-6-18(19)24-21(25)27/h4-9,11-12H,10,13-15H2,1-3H3,(H,23,26)(H,24,27). The zero-order valence-corrected chi connectivity index (χ0v) is 16.2. The number of imidazole rings is 1. The van der Waals surface area contributed by atoms with Crippen molar-refractivity contribution in [3.05, 3.63) is 70.1 Å². The molecule has 0 saturated carbocycles. The van der Waals surface area contributed by atoms with Crippen molar-refractivity contribution < 1.29 is 4.79 Å². The molecule has 0 atom stereocenters. The molecule has 0 unspecified atom stereocenters. The van der Waals surface area contributed by atoms with E-state index < -0.39 is 0 Å². The summed E-state index contributed by atoms with van der Waals surface area (Å²) < 4.78 is 1.65. The van der Waals surface area contributed by atoms with Gasteiger partial charge in [-0.3, -0.25) is 9.36 Å². The minimum Gasteiger partial charge on any atom is -0.354 e. The average Bonchev–Trinajstić information content (AvgIpc) is 2.95. The predicted molar refractivity (Wildman–Crippen MR) is 109 cm³/mol. The summed E-state index contributed by atoms with van der Waals surface area (Å²) in [6.07, 6.45) is 1.15. The van der Waals surface area contributed by atoms with Crippen molar-refractivity contribution in [3.8, 4) is 0 Å². The molecule has 27 heavy (non-hydrogen) atoms. The lowest BCUT2D eigenvalue weighted by Crippen LogP contribution is -2.30. The van der Waals surface area contributed by atoms with Gasteiger partial charge in [0.05, 0.1) is 11.0 Å². The third-order valence-electron chi connectivity index (χ3n) is 4.80. The first-order valence-electron chi connectivity index (χ1n) is 9.38. The monoisotopic (exact) mass is 365 g/mol. The van der Waals surface area contributed by atoms with Crippen LogP contribution in [-0.2, 0) is 23.2 Å². The SMILES string of the molecule is CC(C)(C)c1ccc(CCC(=O)NCCn2c(=O)[nH]c3ccccc32)cc1. The summed E-state index contributed by atoms with van der Waals surface area (Å²) in [5.74, 6) is 0.00258. The molecule has 2 aromatic carbocycles. The van der Waals surface area contributed by atoms with Crippen molar-refractivity contribution >= 4 is 16.9 Å². The number of aromatic amines is 1. The van der Waals surface area contributed by atoms with E-state index in [1.807, 2.05) is 24.3 Å². The molecule has 0 spiro atoms. The zero-order valence-electron chi connectivity index (χ0n) is 16.2. The van der Waals surface area contributed by atoms with Crippen LogP contribution in [0.2, 0.25) is 0 Å². The first-order chi connectivity index (χ1) is 12.8. The molecule has 0 bridgehead atoms. The summed E-state index contributed by atoms with van der Waals surface area (Å²) in [7, 11) is 0. The molecule has 1 amide bonds. The van der Waals surface area contributed by atoms with Gasteiger partial charge >= 0.3 is 5.69 Å². The Morgan fingerprint density at radius 2 is 1.78 bits per heavy atom. The lowest BCUT2D eigenvalue weighted by Gasteiger charge is -2.19. The Hall–Kier alpha value is -2.82. The fourth-order valence-electron chi connectivity index (χ4n) is 3.15. The van der Waals surface area contributed by atoms with Gasteiger partial charge in [0.1, 0.15) is 0 Å². The summed E-state index contributed by atoms with van der Waals surface area (Å²) in [5.41, 5.74) is 4.11. The fourth-order valence-corrected chi connectivity index (χ4v) is 3.15. The van der Waals surface area contributed by atoms with E-state index in [1.54, 1.807) is 4.57 Å². The number of para-hydroxylation sites is 2. The summed E-state index contributed by atoms with van der Waals surface area (Å²) >= 11 is 0. The fraction of sp³-hybridized carbons (Fsp3) is 0.364. The van der Waals surface area contributed by atoms with E-state index in [0.717, 1.165) is 16.6 Å². The Balaban J connectivity index is 1.48. The van der Waals surface area contributed by atoms with Gasteiger partial charge in [0.15, 0.2) is 0 Å². The van der Waals surface area contributed by atoms with Crippen LogP contribution in [0, 0.1) is 0 Å². The van der Waals surface area contributed by atoms with Crippen molar-refractivity contribution in [2.24, 2.45) is 0 Å². The van der Waals surface area contributed by atoms with Crippen molar-refractivity contribution in [2.75, 3.05) is 6.54 Å². The summed E-state index contributed by atoms with van der Waals surface area (Å²) in [6, 6.07) is 16.0. The third kappa shape index (κ3) is 4.67. The van der Waals surface area contributed by atoms with Crippen LogP contribution < -0.4 is 11.0 Å². The maximum Gasteiger partial charge on any atom is 0.326 e. The topological polar surface area (TPSA) is 66.9 Å². The van der Waals surface area contributed by atoms with Crippen molar-refractivity contribution in [1.82, 2.24) is 14.9 Å². The molecule has 0 radical (unpaired) electrons. The van der Waals surface area contributed by atoms with Gasteiger partial charge in [-0.25, -0.2) is 4.79 Å². The van der Waals surface area contributed by atoms with Crippen molar-refractivity contribution in [1.29, 1.82) is 0 Å². The second kappa shape index (κ2) is 7.82. The molecule has 0 saturated heterocycles. The smallest absolute Gasteiger partial charge is 0.326 e. The highest BCUT2D eigenvalue weighted by molar-refractivity contribution is 5.76. The molecule has 0 aliphatic heterocycles. The van der Waals surface area contributed by atoms with E-state index in [1.165, 1.54) is 5.56 Å². The molecular formula is C22H27N3O2. The number of aryl methyl sites for hydroxylation is 1. The van der Waals surface area contributed by atoms with Gasteiger partial charge in [-0.15, -0.1) is 0 Å². The van der Waals surface area contributed by atoms with Gasteiger partial charge in [0.2, 0.25) is 5.91 Å². The number of fused-ring (bicyclic) bond motifs is 1. The molecule has 1 aromatic heterocycles. The molecule has 2 N–H and O–H groups in total. The van der Waals surface area contributed by atoms with Crippen LogP contribution in [0.1, 0.15) is 38.3 Å². The number of H-pyrrole nitrogens is 1. The Kier molecular flexibility index (Phi) is 5.49. The van der Waals surface area contributed by atoms with Gasteiger partial charge in [0, 0.05) is 19.5 Å². The molecule has 3 aromatic rings. The van der Waals surface area contributed by atoms with Crippen LogP contribution in [0.5, 0.6) is 0 Å². The molecule has 0 fully saturated rings. The van der Waals surface area contributed by atoms with E-state index in [4.69, 9.17) is 0 Å². The first-order valence-corrected chi connectivity index (χ1v) is 9.38. The lowest BCUT2D eigenvalue weighted by molar-refractivity contribution is -0.121. The molecule has 1 heterocycles. The quantitative estimate of drug-likeness (QED) is 0.703. The molecule has 5 nitrogen and oxygen atoms in total. The number of nitrogens with zero attached hydrogens (tertiary/aromatic N) is 1. The van der Waals surface area contributed by atoms with Crippen LogP contribution in [0.4, 0.5) is 0 Å². The zero-order chi connectivity index (χ0) is 19.4. The highest BCUT2D eigenvalue weighted by atomic mass is 16.2. The Labute approximate surface area is 159 Å². The highest BCUT2D eigenvalue weighted by Gasteiger charge is 2.13. The van der Waals surface area contributed by atoms with Crippen LogP contribution >= 0.6 is 0 Å². The Morgan fingerprint density at radius 3 is 2.48 bits per heavy atom. The number of amides is 1. The minimum atomic E-state index is -0.149. The van der Waals surface area contributed by atoms with Gasteiger partial charge in [-0.1, -0.05) is 57.2 Å². The van der Waals surface area contributed by atoms with Crippen LogP contribution in [0.15, 0.2) is 53.3 Å². The van der Waals surface area contributed by atoms with Gasteiger partial charge in [0.25, 0.3) is 0 Å². The molecule has 5 heteroatoms. The summed E-state index contributed by atoms with van der Waals surface area (Å²) in [6.45, 7) is 7.45. The third-order valence-corrected chi connectivity index (χ3v) is 4.80. The van der Waals surface area contributed by atoms with Crippen LogP contribution in [0.3, 0.4) is 0 Å². The van der Waals surface area contributed by atoms with E-state index in [2.05, 4.69) is 55.3 Å². The second-order valence-corrected chi connectivity index (χ2v) is 7.90. The van der Waals surface area contributed by atoms with Crippen molar-refractivity contribution in [3.63, 3.8) is 0 Å². The lowest BCUT2D eigenvalue weighted by atomic mass is 9.86. The normalized spacial score (nSPS) is 11.7. The van der Waals surface area contributed by atoms with E-state index in [-0.39, 0.29) is 17.0 Å². The number of carbonyl (C=O) groups is 1. The van der Waals surface area contributed by atoms with E-state index >= 15 is 0 Å². The van der Waals surface area contributed by atoms with Gasteiger partial charge in [-0.05, 0) is 35.1 Å². The molecule has 142 valence electrons. The molecule has 3 rings (SSSR count). The highest BCUT2D eigenvalue weighted by Crippen LogP contribution is 2.22. The van der Waals surface area contributed by atoms with E-state index in [0.29, 0.717) is 25.9 Å². The van der Waals surface area contributed by atoms with Crippen LogP contribution in [-0.4, -0.2) is 22.0 Å². The number of hydrogen-bond acceptors (Lipinski definition) is 2. The number of benzene rings is 2. The number of rotatable bonds is 6. The van der Waals surface area contributed by atoms with Crippen LogP contribution in [0.25, 0.3) is 11.0 Å². The Bertz CT molecular complexity index is 975. The summed E-state index contributed by atoms with van der Waals surface area (Å²) in [5, 5.41) is 2.91. The predicted octanol–water partition coefficient (Wildman–Crippen LogP) is 3.38. The van der Waals surface area contributed by atoms with Gasteiger partial charge in [-0.2, -0.15) is 0 Å². The number of carbonyl (C=O) groups excluding carboxylic acids is 1. The largest absolute Gasteiger partial charge is 0.354 e. The maximum absolute atomic E-state index is 12.1. The number of aromatic nitrogens is 2. The number of nitrogens with one attached hydrogen (secondary N) is 2. The second-order valence-electron chi connectivity index (χ2n) is 7.90. The molecular weight excluding hydrogens is 338 g/mol. The van der Waals surface area contributed by atoms with Crippen molar-refractivity contribution in [2.45, 2.75) is 45.6 Å². The average molecular weight is 365 g/mol. The van der Waals surface area contributed by atoms with Gasteiger partial charge < -0.3 is 10.3 Å². The Morgan fingerprint density at radius 1 is 1.07 bits per heavy atom. The molecule has 0 aliphatic carbocycles. The maximum atomic E-state index is 12.1. The number of hydrogen-bond donors (Lipinski definition) is 2. The van der Waals surface area contributed by atoms with E-state index in [9.17, 15) is 9.59 Å². The molecule has 0 aliphatic rings. The first kappa shape index (κ1) is 19.0. The summed E-state index contributed by atoms with van der Waals surface area (Å²) in [4.78, 5) is 27.0. The minimum absolute atomic E-state index is 0.00258.